The zero-order valence-electron chi connectivity index (χ0n) is 11.0. The molecule has 0 saturated heterocycles. The van der Waals surface area contributed by atoms with Gasteiger partial charge in [0.1, 0.15) is 5.75 Å². The first-order valence-electron chi connectivity index (χ1n) is 6.58. The van der Waals surface area contributed by atoms with Crippen LogP contribution in [0.25, 0.3) is 0 Å². The van der Waals surface area contributed by atoms with E-state index in [4.69, 9.17) is 4.74 Å². The standard InChI is InChI=1S/C16H17NO2/c1-11-3-2-7-17-14(11)10-15(18)12-4-5-16-13(9-12)6-8-19-16/h2-5,7,9,15,18H,6,8,10H2,1H3. The van der Waals surface area contributed by atoms with Gasteiger partial charge >= 0.3 is 0 Å². The van der Waals surface area contributed by atoms with E-state index in [-0.39, 0.29) is 0 Å². The van der Waals surface area contributed by atoms with Crippen molar-refractivity contribution in [3.63, 3.8) is 0 Å². The number of hydrogen-bond donors (Lipinski definition) is 1. The molecule has 3 heteroatoms. The molecule has 19 heavy (non-hydrogen) atoms. The van der Waals surface area contributed by atoms with E-state index in [0.717, 1.165) is 35.6 Å². The van der Waals surface area contributed by atoms with Crippen molar-refractivity contribution in [2.75, 3.05) is 6.61 Å². The van der Waals surface area contributed by atoms with Gasteiger partial charge in [0.2, 0.25) is 0 Å². The molecule has 98 valence electrons. The highest BCUT2D eigenvalue weighted by molar-refractivity contribution is 5.40. The van der Waals surface area contributed by atoms with E-state index in [1.54, 1.807) is 6.20 Å². The summed E-state index contributed by atoms with van der Waals surface area (Å²) in [6, 6.07) is 9.87. The summed E-state index contributed by atoms with van der Waals surface area (Å²) in [5, 5.41) is 10.3. The zero-order valence-corrected chi connectivity index (χ0v) is 11.0. The summed E-state index contributed by atoms with van der Waals surface area (Å²) in [5.74, 6) is 0.949. The van der Waals surface area contributed by atoms with Gasteiger partial charge in [-0.15, -0.1) is 0 Å². The Morgan fingerprint density at radius 3 is 3.11 bits per heavy atom. The molecule has 2 aromatic rings. The van der Waals surface area contributed by atoms with E-state index in [1.807, 2.05) is 37.3 Å². The van der Waals surface area contributed by atoms with Crippen molar-refractivity contribution in [2.45, 2.75) is 25.9 Å². The summed E-state index contributed by atoms with van der Waals surface area (Å²) in [7, 11) is 0. The first kappa shape index (κ1) is 12.2. The van der Waals surface area contributed by atoms with Crippen LogP contribution >= 0.6 is 0 Å². The van der Waals surface area contributed by atoms with E-state index in [2.05, 4.69) is 4.98 Å². The van der Waals surface area contributed by atoms with Crippen molar-refractivity contribution in [3.8, 4) is 5.75 Å². The molecule has 1 N–H and O–H groups in total. The fourth-order valence-corrected chi connectivity index (χ4v) is 2.45. The summed E-state index contributed by atoms with van der Waals surface area (Å²) in [6.45, 7) is 2.76. The van der Waals surface area contributed by atoms with Gasteiger partial charge in [-0.2, -0.15) is 0 Å². The van der Waals surface area contributed by atoms with Gasteiger partial charge in [0.05, 0.1) is 12.7 Å². The van der Waals surface area contributed by atoms with Crippen LogP contribution in [0.3, 0.4) is 0 Å². The van der Waals surface area contributed by atoms with Gasteiger partial charge in [-0.05, 0) is 41.8 Å². The number of aliphatic hydroxyl groups is 1. The normalized spacial score (nSPS) is 14.8. The van der Waals surface area contributed by atoms with Crippen molar-refractivity contribution < 1.29 is 9.84 Å². The van der Waals surface area contributed by atoms with Gasteiger partial charge in [-0.1, -0.05) is 12.1 Å². The van der Waals surface area contributed by atoms with Crippen LogP contribution in [-0.4, -0.2) is 16.7 Å². The van der Waals surface area contributed by atoms with Crippen molar-refractivity contribution >= 4 is 0 Å². The average Bonchev–Trinajstić information content (AvgIpc) is 2.88. The average molecular weight is 255 g/mol. The number of aliphatic hydroxyl groups excluding tert-OH is 1. The highest BCUT2D eigenvalue weighted by Crippen LogP contribution is 2.29. The van der Waals surface area contributed by atoms with Crippen LogP contribution in [-0.2, 0) is 12.8 Å². The highest BCUT2D eigenvalue weighted by Gasteiger charge is 2.16. The molecule has 0 radical (unpaired) electrons. The van der Waals surface area contributed by atoms with Crippen LogP contribution in [0, 0.1) is 6.92 Å². The molecular weight excluding hydrogens is 238 g/mol. The Labute approximate surface area is 112 Å². The number of fused-ring (bicyclic) bond motifs is 1. The molecule has 0 amide bonds. The van der Waals surface area contributed by atoms with Crippen LogP contribution in [0.4, 0.5) is 0 Å². The molecule has 1 aromatic heterocycles. The molecule has 0 aliphatic carbocycles. The van der Waals surface area contributed by atoms with Crippen molar-refractivity contribution in [2.24, 2.45) is 0 Å². The first-order valence-corrected chi connectivity index (χ1v) is 6.58. The summed E-state index contributed by atoms with van der Waals surface area (Å²) >= 11 is 0. The van der Waals surface area contributed by atoms with Gasteiger partial charge < -0.3 is 9.84 Å². The number of nitrogens with zero attached hydrogens (tertiary/aromatic N) is 1. The molecule has 1 aliphatic rings. The van der Waals surface area contributed by atoms with Crippen molar-refractivity contribution in [3.05, 3.63) is 58.9 Å². The van der Waals surface area contributed by atoms with Gasteiger partial charge in [0.15, 0.2) is 0 Å². The fourth-order valence-electron chi connectivity index (χ4n) is 2.45. The Hall–Kier alpha value is -1.87. The monoisotopic (exact) mass is 255 g/mol. The second-order valence-corrected chi connectivity index (χ2v) is 4.95. The van der Waals surface area contributed by atoms with Gasteiger partial charge in [-0.25, -0.2) is 0 Å². The fraction of sp³-hybridized carbons (Fsp3) is 0.312. The smallest absolute Gasteiger partial charge is 0.122 e. The lowest BCUT2D eigenvalue weighted by atomic mass is 10.00. The lowest BCUT2D eigenvalue weighted by Gasteiger charge is -2.13. The van der Waals surface area contributed by atoms with Crippen LogP contribution in [0.1, 0.15) is 28.5 Å². The molecule has 1 unspecified atom stereocenters. The SMILES string of the molecule is Cc1cccnc1CC(O)c1ccc2c(c1)CCO2. The third kappa shape index (κ3) is 2.47. The number of rotatable bonds is 3. The van der Waals surface area contributed by atoms with Crippen molar-refractivity contribution in [1.82, 2.24) is 4.98 Å². The molecule has 2 heterocycles. The van der Waals surface area contributed by atoms with Crippen LogP contribution in [0.2, 0.25) is 0 Å². The number of hydrogen-bond acceptors (Lipinski definition) is 3. The molecule has 0 saturated carbocycles. The number of aryl methyl sites for hydroxylation is 1. The summed E-state index contributed by atoms with van der Waals surface area (Å²) in [4.78, 5) is 4.33. The Balaban J connectivity index is 1.81. The first-order chi connectivity index (χ1) is 9.24. The Morgan fingerprint density at radius 1 is 1.37 bits per heavy atom. The number of ether oxygens (including phenoxy) is 1. The summed E-state index contributed by atoms with van der Waals surface area (Å²) < 4.78 is 5.48. The lowest BCUT2D eigenvalue weighted by molar-refractivity contribution is 0.177. The number of benzene rings is 1. The molecule has 0 spiro atoms. The second-order valence-electron chi connectivity index (χ2n) is 4.95. The van der Waals surface area contributed by atoms with Gasteiger partial charge in [0.25, 0.3) is 0 Å². The molecule has 0 bridgehead atoms. The van der Waals surface area contributed by atoms with Crippen molar-refractivity contribution in [1.29, 1.82) is 0 Å². The minimum absolute atomic E-state index is 0.514. The molecule has 1 aromatic carbocycles. The Morgan fingerprint density at radius 2 is 2.26 bits per heavy atom. The minimum atomic E-state index is -0.514. The molecule has 3 nitrogen and oxygen atoms in total. The van der Waals surface area contributed by atoms with Crippen LogP contribution in [0.15, 0.2) is 36.5 Å². The van der Waals surface area contributed by atoms with Crippen LogP contribution < -0.4 is 4.74 Å². The third-order valence-electron chi connectivity index (χ3n) is 3.60. The Bertz CT molecular complexity index is 595. The van der Waals surface area contributed by atoms with Gasteiger partial charge in [0, 0.05) is 24.7 Å². The maximum Gasteiger partial charge on any atom is 0.122 e. The predicted molar refractivity (Wildman–Crippen MR) is 73.3 cm³/mol. The molecule has 3 rings (SSSR count). The maximum absolute atomic E-state index is 10.3. The largest absolute Gasteiger partial charge is 0.493 e. The minimum Gasteiger partial charge on any atom is -0.493 e. The zero-order chi connectivity index (χ0) is 13.2. The Kier molecular flexibility index (Phi) is 3.22. The molecular formula is C16H17NO2. The molecule has 1 atom stereocenters. The van der Waals surface area contributed by atoms with E-state index >= 15 is 0 Å². The maximum atomic E-state index is 10.3. The topological polar surface area (TPSA) is 42.4 Å². The second kappa shape index (κ2) is 5.02. The quantitative estimate of drug-likeness (QED) is 0.916. The predicted octanol–water partition coefficient (Wildman–Crippen LogP) is 2.60. The van der Waals surface area contributed by atoms with E-state index in [0.29, 0.717) is 6.42 Å². The molecule has 1 aliphatic heterocycles. The van der Waals surface area contributed by atoms with E-state index in [9.17, 15) is 5.11 Å². The van der Waals surface area contributed by atoms with E-state index < -0.39 is 6.10 Å². The highest BCUT2D eigenvalue weighted by atomic mass is 16.5. The van der Waals surface area contributed by atoms with E-state index in [1.165, 1.54) is 5.56 Å². The third-order valence-corrected chi connectivity index (χ3v) is 3.60. The summed E-state index contributed by atoms with van der Waals surface area (Å²) in [5.41, 5.74) is 4.20. The van der Waals surface area contributed by atoms with Crippen LogP contribution in [0.5, 0.6) is 5.75 Å². The van der Waals surface area contributed by atoms with Gasteiger partial charge in [-0.3, -0.25) is 4.98 Å². The number of aromatic nitrogens is 1. The number of pyridine rings is 1. The summed E-state index contributed by atoms with van der Waals surface area (Å²) in [6.07, 6.45) is 2.73. The lowest BCUT2D eigenvalue weighted by Crippen LogP contribution is -2.05. The molecule has 0 fully saturated rings.